The molecule has 2 amide bonds. The lowest BCUT2D eigenvalue weighted by molar-refractivity contribution is -0.170. The second-order valence-corrected chi connectivity index (χ2v) is 13.6. The number of ether oxygens (including phenoxy) is 2. The summed E-state index contributed by atoms with van der Waals surface area (Å²) in [5.41, 5.74) is 3.53. The van der Waals surface area contributed by atoms with Crippen LogP contribution in [0.3, 0.4) is 0 Å². The Morgan fingerprint density at radius 1 is 1.09 bits per heavy atom. The number of rotatable bonds is 8. The van der Waals surface area contributed by atoms with Crippen LogP contribution in [0.2, 0.25) is 0 Å². The van der Waals surface area contributed by atoms with Gasteiger partial charge in [-0.15, -0.1) is 6.58 Å². The lowest BCUT2D eigenvalue weighted by atomic mass is 9.47. The Hall–Kier alpha value is -3.67. The zero-order valence-electron chi connectivity index (χ0n) is 25.9. The average molecular weight is 582 g/mol. The van der Waals surface area contributed by atoms with Crippen molar-refractivity contribution in [3.05, 3.63) is 77.4 Å². The van der Waals surface area contributed by atoms with E-state index in [0.29, 0.717) is 39.5 Å². The fourth-order valence-electron chi connectivity index (χ4n) is 8.58. The molecular weight excluding hydrogens is 538 g/mol. The number of benzene rings is 2. The standard InChI is InChI=1S/C37H43NO5/c1-6-19-38-33(39)27-10-7-9-26-30(15-13-28(32(26)27)34(38)40)42-20-21-43-35(41)37(5)18-8-17-36(4)29-14-11-24(23(2)3)22-25(29)12-16-31(36)37/h6-7,9-10,12-13,15,22-23,29,31H,1,8,11,14,16-21H2,2-5H3. The van der Waals surface area contributed by atoms with E-state index in [4.69, 9.17) is 9.47 Å². The third-order valence-corrected chi connectivity index (χ3v) is 10.9. The van der Waals surface area contributed by atoms with Crippen molar-refractivity contribution in [1.82, 2.24) is 4.90 Å². The molecule has 4 atom stereocenters. The van der Waals surface area contributed by atoms with E-state index in [9.17, 15) is 14.4 Å². The molecule has 6 rings (SSSR count). The molecule has 43 heavy (non-hydrogen) atoms. The maximum Gasteiger partial charge on any atom is 0.312 e. The maximum absolute atomic E-state index is 13.7. The zero-order valence-corrected chi connectivity index (χ0v) is 25.9. The molecule has 3 aliphatic carbocycles. The number of allylic oxidation sites excluding steroid dienone is 4. The average Bonchev–Trinajstić information content (AvgIpc) is 2.99. The highest BCUT2D eigenvalue weighted by atomic mass is 16.6. The summed E-state index contributed by atoms with van der Waals surface area (Å²) < 4.78 is 12.0. The molecule has 6 nitrogen and oxygen atoms in total. The molecule has 1 aliphatic heterocycles. The second-order valence-electron chi connectivity index (χ2n) is 13.6. The van der Waals surface area contributed by atoms with Crippen molar-refractivity contribution in [2.24, 2.45) is 28.6 Å². The number of carbonyl (C=O) groups excluding carboxylic acids is 3. The van der Waals surface area contributed by atoms with E-state index in [2.05, 4.69) is 46.4 Å². The molecule has 4 aliphatic rings. The first-order valence-electron chi connectivity index (χ1n) is 15.8. The van der Waals surface area contributed by atoms with Crippen LogP contribution in [0.4, 0.5) is 0 Å². The molecule has 2 aromatic carbocycles. The molecule has 0 saturated heterocycles. The summed E-state index contributed by atoms with van der Waals surface area (Å²) in [6.07, 6.45) is 12.7. The van der Waals surface area contributed by atoms with Crippen LogP contribution in [0.15, 0.2) is 66.3 Å². The molecule has 0 radical (unpaired) electrons. The SMILES string of the molecule is C=CCN1C(=O)c2cccc3c(OCCOC(=O)C4(C)CCCC5(C)C6CCC(C(C)C)=CC6=CCC45)ccc(c23)C1=O. The third-order valence-electron chi connectivity index (χ3n) is 10.9. The number of hydrogen-bond donors (Lipinski definition) is 0. The molecule has 4 unspecified atom stereocenters. The minimum Gasteiger partial charge on any atom is -0.489 e. The molecular formula is C37H43NO5. The van der Waals surface area contributed by atoms with Crippen LogP contribution in [-0.2, 0) is 9.53 Å². The fourth-order valence-corrected chi connectivity index (χ4v) is 8.58. The minimum absolute atomic E-state index is 0.0884. The summed E-state index contributed by atoms with van der Waals surface area (Å²) in [5.74, 6) is 1.08. The molecule has 0 spiro atoms. The van der Waals surface area contributed by atoms with Gasteiger partial charge in [-0.3, -0.25) is 19.3 Å². The normalized spacial score (nSPS) is 28.2. The van der Waals surface area contributed by atoms with Gasteiger partial charge in [-0.05, 0) is 86.0 Å². The van der Waals surface area contributed by atoms with Gasteiger partial charge in [0.2, 0.25) is 0 Å². The van der Waals surface area contributed by atoms with Gasteiger partial charge >= 0.3 is 5.97 Å². The van der Waals surface area contributed by atoms with Crippen molar-refractivity contribution in [3.8, 4) is 5.75 Å². The van der Waals surface area contributed by atoms with Crippen LogP contribution < -0.4 is 4.74 Å². The van der Waals surface area contributed by atoms with Crippen molar-refractivity contribution >= 4 is 28.6 Å². The molecule has 0 bridgehead atoms. The zero-order chi connectivity index (χ0) is 30.5. The summed E-state index contributed by atoms with van der Waals surface area (Å²) in [7, 11) is 0. The Balaban J connectivity index is 1.15. The highest BCUT2D eigenvalue weighted by Gasteiger charge is 2.57. The van der Waals surface area contributed by atoms with Gasteiger partial charge in [0.05, 0.1) is 5.41 Å². The highest BCUT2D eigenvalue weighted by molar-refractivity contribution is 6.26. The van der Waals surface area contributed by atoms with Gasteiger partial charge in [0.1, 0.15) is 19.0 Å². The van der Waals surface area contributed by atoms with E-state index < -0.39 is 5.41 Å². The van der Waals surface area contributed by atoms with Crippen molar-refractivity contribution in [1.29, 1.82) is 0 Å². The van der Waals surface area contributed by atoms with E-state index in [1.54, 1.807) is 35.9 Å². The summed E-state index contributed by atoms with van der Waals surface area (Å²) in [6.45, 7) is 13.2. The number of amides is 2. The predicted molar refractivity (Wildman–Crippen MR) is 168 cm³/mol. The van der Waals surface area contributed by atoms with Crippen LogP contribution >= 0.6 is 0 Å². The van der Waals surface area contributed by atoms with Crippen LogP contribution in [0.1, 0.15) is 86.9 Å². The lowest BCUT2D eigenvalue weighted by Gasteiger charge is -2.57. The second kappa shape index (κ2) is 11.1. The molecule has 1 fully saturated rings. The first-order chi connectivity index (χ1) is 20.6. The van der Waals surface area contributed by atoms with E-state index >= 15 is 0 Å². The van der Waals surface area contributed by atoms with Crippen LogP contribution in [0, 0.1) is 28.6 Å². The number of esters is 1. The summed E-state index contributed by atoms with van der Waals surface area (Å²) >= 11 is 0. The fraction of sp³-hybridized carbons (Fsp3) is 0.486. The van der Waals surface area contributed by atoms with Gasteiger partial charge in [0.25, 0.3) is 11.8 Å². The molecule has 2 aromatic rings. The Bertz CT molecular complexity index is 1540. The third kappa shape index (κ3) is 4.74. The first-order valence-corrected chi connectivity index (χ1v) is 15.8. The van der Waals surface area contributed by atoms with Crippen LogP contribution in [0.5, 0.6) is 5.75 Å². The van der Waals surface area contributed by atoms with Crippen molar-refractivity contribution in [3.63, 3.8) is 0 Å². The molecule has 226 valence electrons. The Kier molecular flexibility index (Phi) is 7.60. The summed E-state index contributed by atoms with van der Waals surface area (Å²) in [5, 5.41) is 1.30. The van der Waals surface area contributed by atoms with Crippen molar-refractivity contribution in [2.45, 2.75) is 66.2 Å². The van der Waals surface area contributed by atoms with E-state index in [1.165, 1.54) is 16.9 Å². The Morgan fingerprint density at radius 3 is 2.60 bits per heavy atom. The first kappa shape index (κ1) is 29.4. The molecule has 1 saturated carbocycles. The van der Waals surface area contributed by atoms with Gasteiger partial charge in [0, 0.05) is 28.4 Å². The smallest absolute Gasteiger partial charge is 0.312 e. The highest BCUT2D eigenvalue weighted by Crippen LogP contribution is 2.62. The number of fused-ring (bicyclic) bond motifs is 3. The van der Waals surface area contributed by atoms with Gasteiger partial charge < -0.3 is 9.47 Å². The number of nitrogens with zero attached hydrogens (tertiary/aromatic N) is 1. The summed E-state index contributed by atoms with van der Waals surface area (Å²) in [6, 6.07) is 8.85. The Morgan fingerprint density at radius 2 is 1.86 bits per heavy atom. The van der Waals surface area contributed by atoms with E-state index in [0.717, 1.165) is 32.1 Å². The lowest BCUT2D eigenvalue weighted by Crippen LogP contribution is -2.53. The molecule has 0 aromatic heterocycles. The summed E-state index contributed by atoms with van der Waals surface area (Å²) in [4.78, 5) is 41.0. The number of hydrogen-bond acceptors (Lipinski definition) is 5. The van der Waals surface area contributed by atoms with E-state index in [1.807, 2.05) is 6.07 Å². The number of imide groups is 1. The Labute approximate surface area is 254 Å². The van der Waals surface area contributed by atoms with Gasteiger partial charge in [0.15, 0.2) is 0 Å². The number of carbonyl (C=O) groups is 3. The van der Waals surface area contributed by atoms with Crippen molar-refractivity contribution in [2.75, 3.05) is 19.8 Å². The van der Waals surface area contributed by atoms with Crippen LogP contribution in [0.25, 0.3) is 10.8 Å². The van der Waals surface area contributed by atoms with Crippen LogP contribution in [-0.4, -0.2) is 42.4 Å². The maximum atomic E-state index is 13.7. The largest absolute Gasteiger partial charge is 0.489 e. The quantitative estimate of drug-likeness (QED) is 0.138. The molecule has 0 N–H and O–H groups in total. The van der Waals surface area contributed by atoms with Gasteiger partial charge in [-0.25, -0.2) is 0 Å². The molecule has 1 heterocycles. The van der Waals surface area contributed by atoms with E-state index in [-0.39, 0.29) is 48.9 Å². The van der Waals surface area contributed by atoms with Gasteiger partial charge in [-0.1, -0.05) is 63.1 Å². The minimum atomic E-state index is -0.532. The van der Waals surface area contributed by atoms with Gasteiger partial charge in [-0.2, -0.15) is 0 Å². The topological polar surface area (TPSA) is 72.9 Å². The molecule has 6 heteroatoms. The monoisotopic (exact) mass is 581 g/mol. The van der Waals surface area contributed by atoms with Crippen molar-refractivity contribution < 1.29 is 23.9 Å². The predicted octanol–water partition coefficient (Wildman–Crippen LogP) is 7.68.